The van der Waals surface area contributed by atoms with Crippen LogP contribution in [0.25, 0.3) is 0 Å². The molecule has 3 nitrogen and oxygen atoms in total. The summed E-state index contributed by atoms with van der Waals surface area (Å²) in [4.78, 5) is 14.8. The van der Waals surface area contributed by atoms with Crippen molar-refractivity contribution < 1.29 is 9.53 Å². The molecule has 0 radical (unpaired) electrons. The van der Waals surface area contributed by atoms with Crippen LogP contribution in [0.1, 0.15) is 67.6 Å². The van der Waals surface area contributed by atoms with E-state index < -0.39 is 0 Å². The fourth-order valence-electron chi connectivity index (χ4n) is 4.78. The Morgan fingerprint density at radius 1 is 0.867 bits per heavy atom. The molecule has 1 aliphatic heterocycles. The number of ether oxygens (including phenoxy) is 1. The first-order valence-corrected chi connectivity index (χ1v) is 11.8. The zero-order chi connectivity index (χ0) is 20.8. The van der Waals surface area contributed by atoms with Crippen LogP contribution >= 0.6 is 11.6 Å². The molecule has 4 heteroatoms. The van der Waals surface area contributed by atoms with Gasteiger partial charge in [0, 0.05) is 11.6 Å². The van der Waals surface area contributed by atoms with Crippen molar-refractivity contribution >= 4 is 17.6 Å². The molecule has 0 N–H and O–H groups in total. The fraction of sp³-hybridized carbons (Fsp3) is 0.500. The van der Waals surface area contributed by atoms with Gasteiger partial charge in [-0.2, -0.15) is 0 Å². The minimum absolute atomic E-state index is 0.0550. The van der Waals surface area contributed by atoms with Gasteiger partial charge in [0.25, 0.3) is 0 Å². The van der Waals surface area contributed by atoms with Crippen LogP contribution < -0.4 is 0 Å². The van der Waals surface area contributed by atoms with E-state index >= 15 is 0 Å². The van der Waals surface area contributed by atoms with E-state index in [-0.39, 0.29) is 12.1 Å². The molecule has 0 aromatic heterocycles. The smallest absolute Gasteiger partial charge is 0.310 e. The van der Waals surface area contributed by atoms with Crippen molar-refractivity contribution in [3.63, 3.8) is 0 Å². The van der Waals surface area contributed by atoms with Gasteiger partial charge in [-0.1, -0.05) is 54.4 Å². The molecule has 30 heavy (non-hydrogen) atoms. The number of hydrogen-bond donors (Lipinski definition) is 0. The van der Waals surface area contributed by atoms with E-state index in [2.05, 4.69) is 29.2 Å². The molecule has 2 fully saturated rings. The monoisotopic (exact) mass is 425 g/mol. The predicted molar refractivity (Wildman–Crippen MR) is 122 cm³/mol. The first kappa shape index (κ1) is 21.4. The van der Waals surface area contributed by atoms with E-state index in [1.54, 1.807) is 0 Å². The van der Waals surface area contributed by atoms with Gasteiger partial charge in [-0.3, -0.25) is 9.69 Å². The number of benzene rings is 2. The van der Waals surface area contributed by atoms with Crippen LogP contribution in [-0.4, -0.2) is 30.1 Å². The van der Waals surface area contributed by atoms with Gasteiger partial charge in [0.05, 0.1) is 6.42 Å². The van der Waals surface area contributed by atoms with Crippen LogP contribution in [0.4, 0.5) is 0 Å². The second-order valence-corrected chi connectivity index (χ2v) is 9.28. The Kier molecular flexibility index (Phi) is 7.46. The molecule has 0 bridgehead atoms. The Morgan fingerprint density at radius 2 is 1.50 bits per heavy atom. The van der Waals surface area contributed by atoms with Gasteiger partial charge in [0.15, 0.2) is 0 Å². The van der Waals surface area contributed by atoms with Crippen molar-refractivity contribution in [1.29, 1.82) is 0 Å². The minimum atomic E-state index is -0.136. The summed E-state index contributed by atoms with van der Waals surface area (Å²) >= 11 is 5.90. The summed E-state index contributed by atoms with van der Waals surface area (Å²) in [5.41, 5.74) is 3.80. The van der Waals surface area contributed by atoms with Gasteiger partial charge in [0.2, 0.25) is 0 Å². The molecule has 0 amide bonds. The first-order valence-electron chi connectivity index (χ1n) is 11.4. The highest BCUT2D eigenvalue weighted by molar-refractivity contribution is 6.30. The molecule has 0 atom stereocenters. The van der Waals surface area contributed by atoms with Crippen LogP contribution in [0.15, 0.2) is 48.5 Å². The lowest BCUT2D eigenvalue weighted by atomic mass is 9.82. The second-order valence-electron chi connectivity index (χ2n) is 8.85. The van der Waals surface area contributed by atoms with Crippen LogP contribution in [-0.2, 0) is 22.5 Å². The average Bonchev–Trinajstić information content (AvgIpc) is 2.77. The predicted octanol–water partition coefficient (Wildman–Crippen LogP) is 6.14. The Bertz CT molecular complexity index is 804. The van der Waals surface area contributed by atoms with E-state index in [0.29, 0.717) is 17.4 Å². The second kappa shape index (κ2) is 10.5. The van der Waals surface area contributed by atoms with Crippen molar-refractivity contribution in [3.05, 3.63) is 70.2 Å². The van der Waals surface area contributed by atoms with Gasteiger partial charge in [-0.05, 0) is 86.4 Å². The molecular weight excluding hydrogens is 394 g/mol. The lowest BCUT2D eigenvalue weighted by Gasteiger charge is -2.29. The molecule has 1 aliphatic carbocycles. The van der Waals surface area contributed by atoms with E-state index in [0.717, 1.165) is 37.8 Å². The van der Waals surface area contributed by atoms with Crippen LogP contribution in [0.3, 0.4) is 0 Å². The quantitative estimate of drug-likeness (QED) is 0.520. The van der Waals surface area contributed by atoms with E-state index in [4.69, 9.17) is 16.3 Å². The topological polar surface area (TPSA) is 29.5 Å². The van der Waals surface area contributed by atoms with Crippen molar-refractivity contribution in [2.75, 3.05) is 13.1 Å². The molecule has 0 unspecified atom stereocenters. The molecule has 2 aromatic carbocycles. The maximum absolute atomic E-state index is 12.3. The summed E-state index contributed by atoms with van der Waals surface area (Å²) in [7, 11) is 0. The fourth-order valence-corrected chi connectivity index (χ4v) is 4.91. The Hall–Kier alpha value is -1.84. The molecule has 4 rings (SSSR count). The Labute approximate surface area is 185 Å². The third-order valence-corrected chi connectivity index (χ3v) is 6.79. The summed E-state index contributed by atoms with van der Waals surface area (Å²) < 4.78 is 5.74. The highest BCUT2D eigenvalue weighted by atomic mass is 35.5. The normalized spacial score (nSPS) is 22.6. The summed E-state index contributed by atoms with van der Waals surface area (Å²) in [6, 6.07) is 16.6. The molecular formula is C26H32ClNO2. The Balaban J connectivity index is 1.22. The van der Waals surface area contributed by atoms with Gasteiger partial charge in [-0.15, -0.1) is 0 Å². The molecule has 1 saturated carbocycles. The number of esters is 1. The van der Waals surface area contributed by atoms with Crippen molar-refractivity contribution in [2.45, 2.75) is 69.9 Å². The standard InChI is InChI=1S/C26H32ClNO2/c27-24-12-6-20(7-13-24)18-26(29)30-25-14-10-23(11-15-25)22-8-4-21(5-9-22)19-28-16-2-1-3-17-28/h4-9,12-13,23,25H,1-3,10-11,14-19H2. The molecule has 1 saturated heterocycles. The SMILES string of the molecule is O=C(Cc1ccc(Cl)cc1)OC1CCC(c2ccc(CN3CCCCC3)cc2)CC1. The summed E-state index contributed by atoms with van der Waals surface area (Å²) in [6.45, 7) is 3.56. The zero-order valence-electron chi connectivity index (χ0n) is 17.7. The van der Waals surface area contributed by atoms with Crippen molar-refractivity contribution in [3.8, 4) is 0 Å². The lowest BCUT2D eigenvalue weighted by molar-refractivity contribution is -0.149. The first-order chi connectivity index (χ1) is 14.7. The van der Waals surface area contributed by atoms with Gasteiger partial charge >= 0.3 is 5.97 Å². The molecule has 1 heterocycles. The summed E-state index contributed by atoms with van der Waals surface area (Å²) in [5.74, 6) is 0.447. The number of piperidine rings is 1. The molecule has 0 spiro atoms. The van der Waals surface area contributed by atoms with Gasteiger partial charge in [-0.25, -0.2) is 0 Å². The summed E-state index contributed by atoms with van der Waals surface area (Å²) in [5, 5.41) is 0.685. The number of nitrogens with zero attached hydrogens (tertiary/aromatic N) is 1. The number of halogens is 1. The van der Waals surface area contributed by atoms with Crippen molar-refractivity contribution in [1.82, 2.24) is 4.90 Å². The van der Waals surface area contributed by atoms with E-state index in [1.807, 2.05) is 24.3 Å². The van der Waals surface area contributed by atoms with Crippen LogP contribution in [0.5, 0.6) is 0 Å². The Morgan fingerprint density at radius 3 is 2.17 bits per heavy atom. The van der Waals surface area contributed by atoms with Gasteiger partial charge < -0.3 is 4.74 Å². The lowest BCUT2D eigenvalue weighted by Crippen LogP contribution is -2.29. The van der Waals surface area contributed by atoms with E-state index in [1.165, 1.54) is 43.5 Å². The number of likely N-dealkylation sites (tertiary alicyclic amines) is 1. The largest absolute Gasteiger partial charge is 0.462 e. The zero-order valence-corrected chi connectivity index (χ0v) is 18.4. The third-order valence-electron chi connectivity index (χ3n) is 6.54. The highest BCUT2D eigenvalue weighted by Gasteiger charge is 2.25. The number of rotatable bonds is 6. The molecule has 160 valence electrons. The van der Waals surface area contributed by atoms with Crippen LogP contribution in [0.2, 0.25) is 5.02 Å². The molecule has 2 aromatic rings. The maximum atomic E-state index is 12.3. The highest BCUT2D eigenvalue weighted by Crippen LogP contribution is 2.34. The molecule has 2 aliphatic rings. The number of hydrogen-bond acceptors (Lipinski definition) is 3. The van der Waals surface area contributed by atoms with Gasteiger partial charge in [0.1, 0.15) is 6.10 Å². The number of carbonyl (C=O) groups is 1. The summed E-state index contributed by atoms with van der Waals surface area (Å²) in [6.07, 6.45) is 8.51. The maximum Gasteiger partial charge on any atom is 0.310 e. The number of carbonyl (C=O) groups excluding carboxylic acids is 1. The van der Waals surface area contributed by atoms with Crippen molar-refractivity contribution in [2.24, 2.45) is 0 Å². The average molecular weight is 426 g/mol. The van der Waals surface area contributed by atoms with Crippen LogP contribution in [0, 0.1) is 0 Å². The van der Waals surface area contributed by atoms with E-state index in [9.17, 15) is 4.79 Å². The third kappa shape index (κ3) is 6.09. The minimum Gasteiger partial charge on any atom is -0.462 e.